The Morgan fingerprint density at radius 3 is 2.29 bits per heavy atom. The molecule has 1 N–H and O–H groups in total. The van der Waals surface area contributed by atoms with Crippen molar-refractivity contribution in [3.63, 3.8) is 0 Å². The summed E-state index contributed by atoms with van der Waals surface area (Å²) in [5, 5.41) is 2.68. The zero-order valence-electron chi connectivity index (χ0n) is 13.4. The van der Waals surface area contributed by atoms with Gasteiger partial charge in [0.05, 0.1) is 12.2 Å². The smallest absolute Gasteiger partial charge is 0.338 e. The molecule has 0 heterocycles. The lowest BCUT2D eigenvalue weighted by atomic mass is 10.2. The molecule has 0 aliphatic heterocycles. The first-order valence-corrected chi connectivity index (χ1v) is 7.50. The van der Waals surface area contributed by atoms with Gasteiger partial charge in [0.1, 0.15) is 11.6 Å². The minimum absolute atomic E-state index is 0.301. The topological polar surface area (TPSA) is 64.6 Å². The molecule has 1 atom stereocenters. The summed E-state index contributed by atoms with van der Waals surface area (Å²) in [6, 6.07) is 11.8. The molecule has 0 saturated heterocycles. The number of benzene rings is 2. The maximum atomic E-state index is 12.8. The van der Waals surface area contributed by atoms with Gasteiger partial charge in [-0.3, -0.25) is 4.79 Å². The van der Waals surface area contributed by atoms with Crippen LogP contribution in [0.25, 0.3) is 0 Å². The summed E-state index contributed by atoms with van der Waals surface area (Å²) in [5.74, 6) is -0.746. The van der Waals surface area contributed by atoms with Gasteiger partial charge in [-0.2, -0.15) is 0 Å². The van der Waals surface area contributed by atoms with Crippen molar-refractivity contribution in [2.45, 2.75) is 20.0 Å². The summed E-state index contributed by atoms with van der Waals surface area (Å²) < 4.78 is 23.2. The van der Waals surface area contributed by atoms with Gasteiger partial charge >= 0.3 is 5.97 Å². The highest BCUT2D eigenvalue weighted by Crippen LogP contribution is 2.15. The van der Waals surface area contributed by atoms with Gasteiger partial charge in [0.2, 0.25) is 0 Å². The second-order valence-corrected chi connectivity index (χ2v) is 5.00. The summed E-state index contributed by atoms with van der Waals surface area (Å²) in [6.07, 6.45) is -0.764. The van der Waals surface area contributed by atoms with Crippen LogP contribution in [0.3, 0.4) is 0 Å². The van der Waals surface area contributed by atoms with Crippen molar-refractivity contribution in [1.29, 1.82) is 0 Å². The number of ether oxygens (including phenoxy) is 2. The maximum Gasteiger partial charge on any atom is 0.338 e. The quantitative estimate of drug-likeness (QED) is 0.824. The molecule has 0 saturated carbocycles. The molecule has 0 spiro atoms. The molecule has 5 nitrogen and oxygen atoms in total. The monoisotopic (exact) mass is 331 g/mol. The van der Waals surface area contributed by atoms with Crippen LogP contribution in [0.15, 0.2) is 48.5 Å². The van der Waals surface area contributed by atoms with Crippen molar-refractivity contribution in [1.82, 2.24) is 0 Å². The average Bonchev–Trinajstić information content (AvgIpc) is 2.57. The Labute approximate surface area is 139 Å². The van der Waals surface area contributed by atoms with E-state index in [1.807, 2.05) is 0 Å². The van der Waals surface area contributed by atoms with Crippen LogP contribution >= 0.6 is 0 Å². The third-order valence-electron chi connectivity index (χ3n) is 3.16. The molecule has 0 radical (unpaired) electrons. The van der Waals surface area contributed by atoms with Crippen LogP contribution in [0, 0.1) is 5.82 Å². The summed E-state index contributed by atoms with van der Waals surface area (Å²) in [5.41, 5.74) is 0.938. The normalized spacial score (nSPS) is 11.5. The fraction of sp³-hybridized carbons (Fsp3) is 0.222. The van der Waals surface area contributed by atoms with Crippen molar-refractivity contribution in [2.75, 3.05) is 11.9 Å². The van der Waals surface area contributed by atoms with Gasteiger partial charge in [-0.15, -0.1) is 0 Å². The highest BCUT2D eigenvalue weighted by atomic mass is 19.1. The first-order chi connectivity index (χ1) is 11.5. The molecule has 2 rings (SSSR count). The fourth-order valence-corrected chi connectivity index (χ4v) is 1.92. The molecule has 126 valence electrons. The summed E-state index contributed by atoms with van der Waals surface area (Å²) in [4.78, 5) is 23.7. The lowest BCUT2D eigenvalue weighted by molar-refractivity contribution is -0.122. The summed E-state index contributed by atoms with van der Waals surface area (Å²) >= 11 is 0. The van der Waals surface area contributed by atoms with Crippen LogP contribution in [0.2, 0.25) is 0 Å². The molecular formula is C18H18FNO4. The number of hydrogen-bond donors (Lipinski definition) is 1. The van der Waals surface area contributed by atoms with Gasteiger partial charge in [0.15, 0.2) is 6.10 Å². The van der Waals surface area contributed by atoms with E-state index in [-0.39, 0.29) is 11.7 Å². The minimum Gasteiger partial charge on any atom is -0.481 e. The third kappa shape index (κ3) is 4.81. The average molecular weight is 331 g/mol. The Bertz CT molecular complexity index is 698. The van der Waals surface area contributed by atoms with Crippen molar-refractivity contribution >= 4 is 17.6 Å². The van der Waals surface area contributed by atoms with E-state index in [0.717, 1.165) is 0 Å². The van der Waals surface area contributed by atoms with E-state index in [1.54, 1.807) is 38.1 Å². The van der Waals surface area contributed by atoms with E-state index < -0.39 is 12.1 Å². The number of carbonyl (C=O) groups is 2. The maximum absolute atomic E-state index is 12.8. The molecule has 2 aromatic carbocycles. The van der Waals surface area contributed by atoms with Crippen molar-refractivity contribution < 1.29 is 23.5 Å². The molecule has 2 aromatic rings. The minimum atomic E-state index is -0.764. The van der Waals surface area contributed by atoms with Gasteiger partial charge in [-0.25, -0.2) is 9.18 Å². The van der Waals surface area contributed by atoms with Gasteiger partial charge in [0.25, 0.3) is 5.91 Å². The number of anilines is 1. The first-order valence-electron chi connectivity index (χ1n) is 7.50. The van der Waals surface area contributed by atoms with Gasteiger partial charge < -0.3 is 14.8 Å². The highest BCUT2D eigenvalue weighted by Gasteiger charge is 2.15. The van der Waals surface area contributed by atoms with E-state index in [4.69, 9.17) is 9.47 Å². The van der Waals surface area contributed by atoms with Crippen LogP contribution in [-0.2, 0) is 9.53 Å². The number of hydrogen-bond acceptors (Lipinski definition) is 4. The van der Waals surface area contributed by atoms with Crippen LogP contribution in [-0.4, -0.2) is 24.6 Å². The SMILES string of the molecule is CCOC(=O)c1ccc(NC(=O)[C@@H](C)Oc2ccc(F)cc2)cc1. The van der Waals surface area contributed by atoms with Gasteiger partial charge in [-0.1, -0.05) is 0 Å². The van der Waals surface area contributed by atoms with Crippen molar-refractivity contribution in [3.8, 4) is 5.75 Å². The van der Waals surface area contributed by atoms with Gasteiger partial charge in [-0.05, 0) is 62.4 Å². The Kier molecular flexibility index (Phi) is 5.89. The fourth-order valence-electron chi connectivity index (χ4n) is 1.92. The number of nitrogens with one attached hydrogen (secondary N) is 1. The molecule has 0 unspecified atom stereocenters. The Balaban J connectivity index is 1.93. The van der Waals surface area contributed by atoms with Crippen molar-refractivity contribution in [3.05, 3.63) is 59.9 Å². The van der Waals surface area contributed by atoms with Crippen LogP contribution in [0.5, 0.6) is 5.75 Å². The molecule has 24 heavy (non-hydrogen) atoms. The standard InChI is InChI=1S/C18H18FNO4/c1-3-23-18(22)13-4-8-15(9-5-13)20-17(21)12(2)24-16-10-6-14(19)7-11-16/h4-12H,3H2,1-2H3,(H,20,21)/t12-/m1/s1. The van der Waals surface area contributed by atoms with Crippen molar-refractivity contribution in [2.24, 2.45) is 0 Å². The zero-order valence-corrected chi connectivity index (χ0v) is 13.4. The molecule has 0 aliphatic carbocycles. The second kappa shape index (κ2) is 8.10. The molecule has 0 bridgehead atoms. The third-order valence-corrected chi connectivity index (χ3v) is 3.16. The van der Waals surface area contributed by atoms with E-state index in [1.165, 1.54) is 24.3 Å². The largest absolute Gasteiger partial charge is 0.481 e. The zero-order chi connectivity index (χ0) is 17.5. The Hall–Kier alpha value is -2.89. The van der Waals surface area contributed by atoms with Crippen LogP contribution < -0.4 is 10.1 Å². The lowest BCUT2D eigenvalue weighted by Gasteiger charge is -2.15. The summed E-state index contributed by atoms with van der Waals surface area (Å²) in [6.45, 7) is 3.62. The highest BCUT2D eigenvalue weighted by molar-refractivity contribution is 5.95. The van der Waals surface area contributed by atoms with Crippen LogP contribution in [0.1, 0.15) is 24.2 Å². The first kappa shape index (κ1) is 17.5. The van der Waals surface area contributed by atoms with Gasteiger partial charge in [0, 0.05) is 5.69 Å². The van der Waals surface area contributed by atoms with E-state index in [0.29, 0.717) is 23.6 Å². The molecule has 0 aromatic heterocycles. The van der Waals surface area contributed by atoms with E-state index in [9.17, 15) is 14.0 Å². The molecule has 0 fully saturated rings. The van der Waals surface area contributed by atoms with E-state index in [2.05, 4.69) is 5.32 Å². The van der Waals surface area contributed by atoms with E-state index >= 15 is 0 Å². The summed E-state index contributed by atoms with van der Waals surface area (Å²) in [7, 11) is 0. The predicted octanol–water partition coefficient (Wildman–Crippen LogP) is 3.41. The number of halogens is 1. The Morgan fingerprint density at radius 2 is 1.71 bits per heavy atom. The molecular weight excluding hydrogens is 313 g/mol. The molecule has 0 aliphatic rings. The number of rotatable bonds is 6. The Morgan fingerprint density at radius 1 is 1.08 bits per heavy atom. The predicted molar refractivity (Wildman–Crippen MR) is 87.5 cm³/mol. The molecule has 6 heteroatoms. The number of amides is 1. The lowest BCUT2D eigenvalue weighted by Crippen LogP contribution is -2.30. The molecule has 1 amide bonds. The number of esters is 1. The van der Waals surface area contributed by atoms with Crippen LogP contribution in [0.4, 0.5) is 10.1 Å². The number of carbonyl (C=O) groups excluding carboxylic acids is 2. The second-order valence-electron chi connectivity index (χ2n) is 5.00.